The summed E-state index contributed by atoms with van der Waals surface area (Å²) in [5, 5.41) is 2.87. The number of anilines is 2. The summed E-state index contributed by atoms with van der Waals surface area (Å²) in [6.45, 7) is 4.67. The van der Waals surface area contributed by atoms with E-state index in [9.17, 15) is 13.6 Å². The number of amides is 1. The van der Waals surface area contributed by atoms with Gasteiger partial charge < -0.3 is 15.0 Å². The van der Waals surface area contributed by atoms with Gasteiger partial charge in [0, 0.05) is 50.9 Å². The summed E-state index contributed by atoms with van der Waals surface area (Å²) in [5.74, 6) is -0.157. The van der Waals surface area contributed by atoms with Gasteiger partial charge in [-0.3, -0.25) is 9.69 Å². The Labute approximate surface area is 169 Å². The Hall–Kier alpha value is -2.67. The van der Waals surface area contributed by atoms with Gasteiger partial charge in [-0.15, -0.1) is 0 Å². The average Bonchev–Trinajstić information content (AvgIpc) is 2.72. The molecule has 1 N–H and O–H groups in total. The van der Waals surface area contributed by atoms with Gasteiger partial charge in [0.05, 0.1) is 12.3 Å². The number of hydrogen-bond acceptors (Lipinski definition) is 4. The first kappa shape index (κ1) is 19.6. The molecule has 1 saturated heterocycles. The Balaban J connectivity index is 1.19. The maximum atomic E-state index is 13.9. The number of halogens is 2. The third-order valence-corrected chi connectivity index (χ3v) is 5.48. The fraction of sp³-hybridized carbons (Fsp3) is 0.409. The van der Waals surface area contributed by atoms with Crippen molar-refractivity contribution in [1.29, 1.82) is 0 Å². The van der Waals surface area contributed by atoms with Gasteiger partial charge in [0.25, 0.3) is 0 Å². The van der Waals surface area contributed by atoms with Gasteiger partial charge in [-0.25, -0.2) is 8.78 Å². The van der Waals surface area contributed by atoms with E-state index in [1.165, 1.54) is 12.1 Å². The average molecular weight is 401 g/mol. The lowest BCUT2D eigenvalue weighted by molar-refractivity contribution is -0.116. The highest BCUT2D eigenvalue weighted by Gasteiger charge is 2.19. The second-order valence-corrected chi connectivity index (χ2v) is 7.49. The molecule has 0 radical (unpaired) electrons. The number of piperazine rings is 1. The quantitative estimate of drug-likeness (QED) is 0.754. The van der Waals surface area contributed by atoms with Crippen LogP contribution in [0.1, 0.15) is 18.4 Å². The van der Waals surface area contributed by atoms with Crippen LogP contribution in [-0.4, -0.2) is 50.1 Å². The van der Waals surface area contributed by atoms with E-state index < -0.39 is 11.6 Å². The van der Waals surface area contributed by atoms with Crippen molar-refractivity contribution in [2.75, 3.05) is 49.5 Å². The van der Waals surface area contributed by atoms with Crippen LogP contribution < -0.4 is 15.0 Å². The van der Waals surface area contributed by atoms with E-state index in [0.717, 1.165) is 68.6 Å². The Morgan fingerprint density at radius 2 is 1.83 bits per heavy atom. The molecule has 7 heteroatoms. The summed E-state index contributed by atoms with van der Waals surface area (Å²) in [6, 6.07) is 9.55. The lowest BCUT2D eigenvalue weighted by Gasteiger charge is -2.36. The predicted octanol–water partition coefficient (Wildman–Crippen LogP) is 3.44. The molecule has 5 nitrogen and oxygen atoms in total. The highest BCUT2D eigenvalue weighted by molar-refractivity contribution is 5.93. The molecule has 2 aromatic carbocycles. The SMILES string of the molecule is O=C1CCc2cc(OCCCN3CCN(c4ccc(F)cc4F)CC3)ccc2N1. The lowest BCUT2D eigenvalue weighted by atomic mass is 10.0. The zero-order valence-corrected chi connectivity index (χ0v) is 16.3. The van der Waals surface area contributed by atoms with Crippen molar-refractivity contribution in [3.63, 3.8) is 0 Å². The van der Waals surface area contributed by atoms with Gasteiger partial charge in [-0.05, 0) is 48.7 Å². The lowest BCUT2D eigenvalue weighted by Crippen LogP contribution is -2.47. The first-order valence-electron chi connectivity index (χ1n) is 10.1. The number of carbonyl (C=O) groups excluding carboxylic acids is 1. The number of nitrogens with zero attached hydrogens (tertiary/aromatic N) is 2. The summed E-state index contributed by atoms with van der Waals surface area (Å²) in [6.07, 6.45) is 2.17. The smallest absolute Gasteiger partial charge is 0.224 e. The van der Waals surface area contributed by atoms with Gasteiger partial charge >= 0.3 is 0 Å². The van der Waals surface area contributed by atoms with Gasteiger partial charge in [0.1, 0.15) is 17.4 Å². The summed E-state index contributed by atoms with van der Waals surface area (Å²) in [7, 11) is 0. The van der Waals surface area contributed by atoms with E-state index in [4.69, 9.17) is 4.74 Å². The topological polar surface area (TPSA) is 44.8 Å². The minimum Gasteiger partial charge on any atom is -0.494 e. The first-order chi connectivity index (χ1) is 14.1. The van der Waals surface area contributed by atoms with Crippen LogP contribution in [0.5, 0.6) is 5.75 Å². The number of fused-ring (bicyclic) bond motifs is 1. The minimum absolute atomic E-state index is 0.0634. The number of hydrogen-bond donors (Lipinski definition) is 1. The van der Waals surface area contributed by atoms with Crippen molar-refractivity contribution in [2.24, 2.45) is 0 Å². The highest BCUT2D eigenvalue weighted by Crippen LogP contribution is 2.27. The summed E-state index contributed by atoms with van der Waals surface area (Å²) < 4.78 is 32.9. The molecule has 2 heterocycles. The molecular weight excluding hydrogens is 376 g/mol. The zero-order valence-electron chi connectivity index (χ0n) is 16.3. The van der Waals surface area contributed by atoms with Crippen molar-refractivity contribution < 1.29 is 18.3 Å². The van der Waals surface area contributed by atoms with Crippen molar-refractivity contribution in [3.05, 3.63) is 53.6 Å². The molecule has 154 valence electrons. The third kappa shape index (κ3) is 4.85. The molecule has 4 rings (SSSR count). The van der Waals surface area contributed by atoms with E-state index in [0.29, 0.717) is 18.7 Å². The maximum absolute atomic E-state index is 13.9. The normalized spacial score (nSPS) is 17.0. The van der Waals surface area contributed by atoms with Crippen LogP contribution in [0.25, 0.3) is 0 Å². The number of carbonyl (C=O) groups is 1. The Bertz CT molecular complexity index is 882. The second kappa shape index (κ2) is 8.78. The molecule has 2 aliphatic rings. The van der Waals surface area contributed by atoms with Gasteiger partial charge in [-0.1, -0.05) is 0 Å². The van der Waals surface area contributed by atoms with E-state index in [1.807, 2.05) is 23.1 Å². The first-order valence-corrected chi connectivity index (χ1v) is 10.1. The van der Waals surface area contributed by atoms with Crippen LogP contribution in [0.4, 0.5) is 20.2 Å². The van der Waals surface area contributed by atoms with Gasteiger partial charge in [-0.2, -0.15) is 0 Å². The number of rotatable bonds is 6. The van der Waals surface area contributed by atoms with Crippen LogP contribution in [0, 0.1) is 11.6 Å². The molecule has 0 atom stereocenters. The largest absolute Gasteiger partial charge is 0.494 e. The Kier molecular flexibility index (Phi) is 5.94. The van der Waals surface area contributed by atoms with Crippen molar-refractivity contribution in [2.45, 2.75) is 19.3 Å². The third-order valence-electron chi connectivity index (χ3n) is 5.48. The zero-order chi connectivity index (χ0) is 20.2. The van der Waals surface area contributed by atoms with Crippen LogP contribution in [0.15, 0.2) is 36.4 Å². The maximum Gasteiger partial charge on any atom is 0.224 e. The number of benzene rings is 2. The molecule has 1 amide bonds. The van der Waals surface area contributed by atoms with Crippen LogP contribution in [-0.2, 0) is 11.2 Å². The Morgan fingerprint density at radius 3 is 2.62 bits per heavy atom. The van der Waals surface area contributed by atoms with Crippen molar-refractivity contribution >= 4 is 17.3 Å². The van der Waals surface area contributed by atoms with Gasteiger partial charge in [0.15, 0.2) is 0 Å². The number of nitrogens with one attached hydrogen (secondary N) is 1. The van der Waals surface area contributed by atoms with Crippen molar-refractivity contribution in [1.82, 2.24) is 4.90 Å². The molecule has 29 heavy (non-hydrogen) atoms. The van der Waals surface area contributed by atoms with E-state index in [1.54, 1.807) is 0 Å². The molecule has 0 aliphatic carbocycles. The van der Waals surface area contributed by atoms with Gasteiger partial charge in [0.2, 0.25) is 5.91 Å². The summed E-state index contributed by atoms with van der Waals surface area (Å²) in [5.41, 5.74) is 2.47. The molecule has 0 aromatic heterocycles. The minimum atomic E-state index is -0.548. The van der Waals surface area contributed by atoms with E-state index in [2.05, 4.69) is 10.2 Å². The number of aryl methyl sites for hydroxylation is 1. The predicted molar refractivity (Wildman–Crippen MR) is 109 cm³/mol. The van der Waals surface area contributed by atoms with E-state index >= 15 is 0 Å². The van der Waals surface area contributed by atoms with Crippen LogP contribution >= 0.6 is 0 Å². The van der Waals surface area contributed by atoms with Crippen LogP contribution in [0.3, 0.4) is 0 Å². The Morgan fingerprint density at radius 1 is 1.00 bits per heavy atom. The molecule has 0 bridgehead atoms. The fourth-order valence-corrected chi connectivity index (χ4v) is 3.88. The number of ether oxygens (including phenoxy) is 1. The van der Waals surface area contributed by atoms with Crippen LogP contribution in [0.2, 0.25) is 0 Å². The molecule has 0 spiro atoms. The van der Waals surface area contributed by atoms with Crippen molar-refractivity contribution in [3.8, 4) is 5.75 Å². The molecule has 1 fully saturated rings. The highest BCUT2D eigenvalue weighted by atomic mass is 19.1. The molecule has 2 aromatic rings. The molecule has 0 unspecified atom stereocenters. The fourth-order valence-electron chi connectivity index (χ4n) is 3.88. The molecule has 0 saturated carbocycles. The van der Waals surface area contributed by atoms with E-state index in [-0.39, 0.29) is 5.91 Å². The summed E-state index contributed by atoms with van der Waals surface area (Å²) >= 11 is 0. The molecular formula is C22H25F2N3O2. The molecule has 2 aliphatic heterocycles. The standard InChI is InChI=1S/C22H25F2N3O2/c23-17-3-6-21(19(24)15-17)27-11-9-26(10-12-27)8-1-13-29-18-4-5-20-16(14-18)2-7-22(28)25-20/h3-6,14-15H,1-2,7-13H2,(H,25,28). The monoisotopic (exact) mass is 401 g/mol. The summed E-state index contributed by atoms with van der Waals surface area (Å²) in [4.78, 5) is 15.7. The second-order valence-electron chi connectivity index (χ2n) is 7.49.